The standard InChI is InChI=1S/C24H25ClN6O3/c1-15(32)12-30-13-17(14-30)34-16-6-7-19(21(9-16)33-2)28-24-27-10-18(25)23(29-24)20-11-26-22-5-3-4-8-31(20)22/h3-11,15,17,32H,12-14H2,1-2H3,(H,27,28,29). The van der Waals surface area contributed by atoms with Crippen molar-refractivity contribution in [3.63, 3.8) is 0 Å². The molecule has 0 radical (unpaired) electrons. The average Bonchev–Trinajstić information content (AvgIpc) is 3.23. The molecule has 4 aromatic rings. The van der Waals surface area contributed by atoms with Crippen LogP contribution in [-0.4, -0.2) is 68.3 Å². The lowest BCUT2D eigenvalue weighted by molar-refractivity contribution is -0.00436. The molecule has 3 aromatic heterocycles. The van der Waals surface area contributed by atoms with Crippen molar-refractivity contribution in [3.05, 3.63) is 60.0 Å². The average molecular weight is 481 g/mol. The van der Waals surface area contributed by atoms with Gasteiger partial charge in [-0.2, -0.15) is 0 Å². The monoisotopic (exact) mass is 480 g/mol. The van der Waals surface area contributed by atoms with Crippen LogP contribution in [0.2, 0.25) is 5.02 Å². The fraction of sp³-hybridized carbons (Fsp3) is 0.292. The second-order valence-electron chi connectivity index (χ2n) is 8.26. The van der Waals surface area contributed by atoms with Gasteiger partial charge in [0.1, 0.15) is 28.9 Å². The molecular weight excluding hydrogens is 456 g/mol. The van der Waals surface area contributed by atoms with Gasteiger partial charge in [-0.3, -0.25) is 9.30 Å². The molecule has 1 aliphatic rings. The molecule has 0 aliphatic carbocycles. The van der Waals surface area contributed by atoms with Crippen molar-refractivity contribution in [1.82, 2.24) is 24.3 Å². The first-order valence-corrected chi connectivity index (χ1v) is 11.3. The predicted octanol–water partition coefficient (Wildman–Crippen LogP) is 3.64. The van der Waals surface area contributed by atoms with Crippen molar-refractivity contribution in [3.8, 4) is 22.9 Å². The Bertz CT molecular complexity index is 1310. The number of methoxy groups -OCH3 is 1. The molecule has 1 aliphatic heterocycles. The highest BCUT2D eigenvalue weighted by molar-refractivity contribution is 6.32. The minimum atomic E-state index is -0.338. The number of pyridine rings is 1. The molecular formula is C24H25ClN6O3. The Balaban J connectivity index is 1.33. The number of fused-ring (bicyclic) bond motifs is 1. The number of nitrogens with zero attached hydrogens (tertiary/aromatic N) is 5. The molecule has 1 aromatic carbocycles. The second-order valence-corrected chi connectivity index (χ2v) is 8.66. The number of β-amino-alcohol motifs (C(OH)–C–C–N with tert-alkyl or cyclic N) is 1. The van der Waals surface area contributed by atoms with Crippen LogP contribution >= 0.6 is 11.6 Å². The van der Waals surface area contributed by atoms with Crippen LogP contribution in [0.4, 0.5) is 11.6 Å². The highest BCUT2D eigenvalue weighted by atomic mass is 35.5. The quantitative estimate of drug-likeness (QED) is 0.394. The van der Waals surface area contributed by atoms with E-state index in [0.29, 0.717) is 40.4 Å². The van der Waals surface area contributed by atoms with Crippen LogP contribution < -0.4 is 14.8 Å². The fourth-order valence-electron chi connectivity index (χ4n) is 4.00. The zero-order valence-corrected chi connectivity index (χ0v) is 19.6. The molecule has 176 valence electrons. The van der Waals surface area contributed by atoms with Gasteiger partial charge in [0.15, 0.2) is 0 Å². The molecule has 1 atom stereocenters. The lowest BCUT2D eigenvalue weighted by Crippen LogP contribution is -2.55. The summed E-state index contributed by atoms with van der Waals surface area (Å²) in [5.41, 5.74) is 2.85. The van der Waals surface area contributed by atoms with Gasteiger partial charge in [-0.25, -0.2) is 15.0 Å². The molecule has 10 heteroatoms. The van der Waals surface area contributed by atoms with Gasteiger partial charge in [-0.05, 0) is 31.2 Å². The molecule has 34 heavy (non-hydrogen) atoms. The Morgan fingerprint density at radius 2 is 2.06 bits per heavy atom. The summed E-state index contributed by atoms with van der Waals surface area (Å²) in [5, 5.41) is 13.1. The van der Waals surface area contributed by atoms with Crippen molar-refractivity contribution in [2.24, 2.45) is 0 Å². The summed E-state index contributed by atoms with van der Waals surface area (Å²) in [4.78, 5) is 15.5. The number of ether oxygens (including phenoxy) is 2. The predicted molar refractivity (Wildman–Crippen MR) is 130 cm³/mol. The van der Waals surface area contributed by atoms with Crippen LogP contribution in [0.5, 0.6) is 11.5 Å². The molecule has 4 heterocycles. The minimum Gasteiger partial charge on any atom is -0.494 e. The summed E-state index contributed by atoms with van der Waals surface area (Å²) in [6.07, 6.45) is 4.97. The molecule has 0 saturated carbocycles. The molecule has 1 unspecified atom stereocenters. The van der Waals surface area contributed by atoms with Crippen molar-refractivity contribution in [2.75, 3.05) is 32.1 Å². The van der Waals surface area contributed by atoms with E-state index in [1.807, 2.05) is 47.0 Å². The maximum absolute atomic E-state index is 9.49. The van der Waals surface area contributed by atoms with E-state index < -0.39 is 0 Å². The summed E-state index contributed by atoms with van der Waals surface area (Å²) in [7, 11) is 1.60. The smallest absolute Gasteiger partial charge is 0.227 e. The first-order chi connectivity index (χ1) is 16.5. The number of halogens is 1. The van der Waals surface area contributed by atoms with E-state index in [4.69, 9.17) is 21.1 Å². The van der Waals surface area contributed by atoms with Gasteiger partial charge in [0, 0.05) is 31.9 Å². The van der Waals surface area contributed by atoms with Gasteiger partial charge in [0.2, 0.25) is 5.95 Å². The Morgan fingerprint density at radius 1 is 1.21 bits per heavy atom. The van der Waals surface area contributed by atoms with Gasteiger partial charge in [-0.1, -0.05) is 17.7 Å². The number of hydrogen-bond acceptors (Lipinski definition) is 8. The third-order valence-corrected chi connectivity index (χ3v) is 5.85. The minimum absolute atomic E-state index is 0.0925. The number of aromatic nitrogens is 4. The zero-order chi connectivity index (χ0) is 23.7. The van der Waals surface area contributed by atoms with E-state index in [9.17, 15) is 5.11 Å². The van der Waals surface area contributed by atoms with Gasteiger partial charge in [-0.15, -0.1) is 0 Å². The summed E-state index contributed by atoms with van der Waals surface area (Å²) >= 11 is 6.42. The summed E-state index contributed by atoms with van der Waals surface area (Å²) < 4.78 is 13.5. The molecule has 0 spiro atoms. The first-order valence-electron chi connectivity index (χ1n) is 11.0. The van der Waals surface area contributed by atoms with E-state index in [2.05, 4.69) is 25.2 Å². The van der Waals surface area contributed by atoms with Crippen LogP contribution in [0.15, 0.2) is 55.0 Å². The van der Waals surface area contributed by atoms with Gasteiger partial charge < -0.3 is 19.9 Å². The summed E-state index contributed by atoms with van der Waals surface area (Å²) in [5.74, 6) is 1.70. The number of likely N-dealkylation sites (tertiary alicyclic amines) is 1. The number of imidazole rings is 1. The van der Waals surface area contributed by atoms with Gasteiger partial charge in [0.25, 0.3) is 0 Å². The molecule has 2 N–H and O–H groups in total. The highest BCUT2D eigenvalue weighted by Crippen LogP contribution is 2.33. The number of hydrogen-bond donors (Lipinski definition) is 2. The molecule has 1 fully saturated rings. The largest absolute Gasteiger partial charge is 0.494 e. The van der Waals surface area contributed by atoms with Crippen molar-refractivity contribution in [2.45, 2.75) is 19.1 Å². The van der Waals surface area contributed by atoms with Crippen molar-refractivity contribution < 1.29 is 14.6 Å². The van der Waals surface area contributed by atoms with Crippen LogP contribution in [-0.2, 0) is 0 Å². The lowest BCUT2D eigenvalue weighted by atomic mass is 10.1. The van der Waals surface area contributed by atoms with Crippen molar-refractivity contribution >= 4 is 28.9 Å². The van der Waals surface area contributed by atoms with E-state index >= 15 is 0 Å². The fourth-order valence-corrected chi connectivity index (χ4v) is 4.18. The highest BCUT2D eigenvalue weighted by Gasteiger charge is 2.29. The third kappa shape index (κ3) is 4.63. The normalized spacial score (nSPS) is 15.2. The maximum Gasteiger partial charge on any atom is 0.227 e. The number of aliphatic hydroxyl groups is 1. The molecule has 9 nitrogen and oxygen atoms in total. The molecule has 1 saturated heterocycles. The number of nitrogens with one attached hydrogen (secondary N) is 1. The van der Waals surface area contributed by atoms with E-state index in [1.54, 1.807) is 26.4 Å². The molecule has 5 rings (SSSR count). The van der Waals surface area contributed by atoms with Crippen LogP contribution in [0.1, 0.15) is 6.92 Å². The molecule has 0 amide bonds. The SMILES string of the molecule is COc1cc(OC2CN(CC(C)O)C2)ccc1Nc1ncc(Cl)c(-c2cnc3ccccn23)n1. The Morgan fingerprint density at radius 3 is 2.85 bits per heavy atom. The van der Waals surface area contributed by atoms with Crippen LogP contribution in [0.25, 0.3) is 17.0 Å². The van der Waals surface area contributed by atoms with Crippen LogP contribution in [0.3, 0.4) is 0 Å². The first kappa shape index (κ1) is 22.4. The van der Waals surface area contributed by atoms with Gasteiger partial charge >= 0.3 is 0 Å². The topological polar surface area (TPSA) is 97.0 Å². The summed E-state index contributed by atoms with van der Waals surface area (Å²) in [6, 6.07) is 11.4. The summed E-state index contributed by atoms with van der Waals surface area (Å²) in [6.45, 7) is 4.02. The van der Waals surface area contributed by atoms with E-state index in [1.165, 1.54) is 0 Å². The number of anilines is 2. The lowest BCUT2D eigenvalue weighted by Gasteiger charge is -2.39. The number of rotatable bonds is 8. The number of benzene rings is 1. The second kappa shape index (κ2) is 9.46. The number of aliphatic hydroxyl groups excluding tert-OH is 1. The van der Waals surface area contributed by atoms with Gasteiger partial charge in [0.05, 0.1) is 42.0 Å². The maximum atomic E-state index is 9.49. The Kier molecular flexibility index (Phi) is 6.23. The van der Waals surface area contributed by atoms with E-state index in [0.717, 1.165) is 24.4 Å². The Labute approximate surface area is 202 Å². The zero-order valence-electron chi connectivity index (χ0n) is 18.8. The van der Waals surface area contributed by atoms with Crippen molar-refractivity contribution in [1.29, 1.82) is 0 Å². The Hall–Kier alpha value is -3.40. The molecule has 0 bridgehead atoms. The van der Waals surface area contributed by atoms with Crippen LogP contribution in [0, 0.1) is 0 Å². The van der Waals surface area contributed by atoms with E-state index in [-0.39, 0.29) is 12.2 Å². The third-order valence-electron chi connectivity index (χ3n) is 5.57.